The van der Waals surface area contributed by atoms with Crippen LogP contribution in [0, 0.1) is 0 Å². The second kappa shape index (κ2) is 10.9. The normalized spacial score (nSPS) is 12.0. The maximum atomic E-state index is 11.2. The average Bonchev–Trinajstić information content (AvgIpc) is 2.76. The van der Waals surface area contributed by atoms with E-state index < -0.39 is 5.97 Å². The van der Waals surface area contributed by atoms with Crippen molar-refractivity contribution in [2.45, 2.75) is 52.6 Å². The molecule has 0 heterocycles. The van der Waals surface area contributed by atoms with Crippen LogP contribution >= 0.6 is 0 Å². The highest BCUT2D eigenvalue weighted by atomic mass is 16.5. The number of carboxylic acid groups (broad SMARTS) is 1. The Morgan fingerprint density at radius 2 is 1.62 bits per heavy atom. The first-order chi connectivity index (χ1) is 15.3. The topological polar surface area (TPSA) is 81.8 Å². The molecule has 32 heavy (non-hydrogen) atoms. The number of rotatable bonds is 10. The summed E-state index contributed by atoms with van der Waals surface area (Å²) in [6, 6.07) is 21.7. The van der Waals surface area contributed by atoms with Crippen molar-refractivity contribution in [3.8, 4) is 16.9 Å². The summed E-state index contributed by atoms with van der Waals surface area (Å²) >= 11 is 0. The molecule has 0 fully saturated rings. The summed E-state index contributed by atoms with van der Waals surface area (Å²) in [6.45, 7) is 6.83. The molecule has 3 rings (SSSR count). The molecule has 168 valence electrons. The van der Waals surface area contributed by atoms with Crippen molar-refractivity contribution in [2.24, 2.45) is 5.73 Å². The van der Waals surface area contributed by atoms with Gasteiger partial charge < -0.3 is 20.3 Å². The molecule has 3 aromatic rings. The van der Waals surface area contributed by atoms with Crippen molar-refractivity contribution >= 4 is 5.97 Å². The molecule has 0 saturated heterocycles. The Hall–Kier alpha value is -3.15. The highest BCUT2D eigenvalue weighted by Crippen LogP contribution is 2.27. The van der Waals surface area contributed by atoms with Gasteiger partial charge >= 0.3 is 5.97 Å². The Balaban J connectivity index is 1.90. The van der Waals surface area contributed by atoms with Gasteiger partial charge in [-0.25, -0.2) is 0 Å². The molecule has 1 atom stereocenters. The van der Waals surface area contributed by atoms with Crippen LogP contribution < -0.4 is 10.5 Å². The number of benzene rings is 3. The molecule has 3 N–H and O–H groups in total. The van der Waals surface area contributed by atoms with Crippen LogP contribution in [0.3, 0.4) is 0 Å². The first-order valence-electron chi connectivity index (χ1n) is 10.8. The van der Waals surface area contributed by atoms with Crippen molar-refractivity contribution in [1.82, 2.24) is 0 Å². The van der Waals surface area contributed by atoms with E-state index in [-0.39, 0.29) is 18.6 Å². The maximum absolute atomic E-state index is 11.2. The number of para-hydroxylation sites is 1. The van der Waals surface area contributed by atoms with Crippen LogP contribution in [0.2, 0.25) is 0 Å². The summed E-state index contributed by atoms with van der Waals surface area (Å²) in [4.78, 5) is 11.2. The molecule has 0 spiro atoms. The average molecular weight is 434 g/mol. The lowest BCUT2D eigenvalue weighted by Crippen LogP contribution is -2.06. The minimum atomic E-state index is -0.884. The van der Waals surface area contributed by atoms with E-state index in [1.807, 2.05) is 45.0 Å². The fourth-order valence-electron chi connectivity index (χ4n) is 3.47. The summed E-state index contributed by atoms with van der Waals surface area (Å²) in [7, 11) is 0. The molecule has 0 radical (unpaired) electrons. The van der Waals surface area contributed by atoms with E-state index >= 15 is 0 Å². The smallest absolute Gasteiger partial charge is 0.307 e. The monoisotopic (exact) mass is 433 g/mol. The summed E-state index contributed by atoms with van der Waals surface area (Å²) < 4.78 is 11.9. The second-order valence-electron chi connectivity index (χ2n) is 8.28. The molecule has 5 nitrogen and oxygen atoms in total. The van der Waals surface area contributed by atoms with Crippen LogP contribution in [0.1, 0.15) is 49.1 Å². The van der Waals surface area contributed by atoms with Gasteiger partial charge in [0.05, 0.1) is 19.1 Å². The molecule has 0 aliphatic rings. The number of ether oxygens (including phenoxy) is 2. The van der Waals surface area contributed by atoms with Gasteiger partial charge in [-0.3, -0.25) is 4.79 Å². The number of nitrogens with two attached hydrogens (primary N) is 1. The van der Waals surface area contributed by atoms with Crippen LogP contribution in [0.25, 0.3) is 11.1 Å². The van der Waals surface area contributed by atoms with E-state index in [0.717, 1.165) is 27.8 Å². The van der Waals surface area contributed by atoms with Gasteiger partial charge in [0, 0.05) is 11.6 Å². The molecule has 0 unspecified atom stereocenters. The standard InChI is InChI=1S/C27H31NO4/c1-18(2)31-16-20-11-21(17-32-26-10-5-4-7-24(26)15-27(29)30)13-25(12-20)23-9-6-8-22(14-23)19(3)28/h4-14,18-19H,15-17,28H2,1-3H3,(H,29,30)/t19-/m1/s1. The molecule has 0 aliphatic heterocycles. The van der Waals surface area contributed by atoms with E-state index in [1.54, 1.807) is 12.1 Å². The van der Waals surface area contributed by atoms with Crippen LogP contribution in [-0.4, -0.2) is 17.2 Å². The van der Waals surface area contributed by atoms with Crippen molar-refractivity contribution in [3.05, 3.63) is 89.0 Å². The van der Waals surface area contributed by atoms with Crippen molar-refractivity contribution in [1.29, 1.82) is 0 Å². The summed E-state index contributed by atoms with van der Waals surface area (Å²) in [5.74, 6) is -0.301. The zero-order valence-corrected chi connectivity index (χ0v) is 18.9. The van der Waals surface area contributed by atoms with Gasteiger partial charge in [0.15, 0.2) is 0 Å². The largest absolute Gasteiger partial charge is 0.489 e. The van der Waals surface area contributed by atoms with Crippen molar-refractivity contribution < 1.29 is 19.4 Å². The van der Waals surface area contributed by atoms with E-state index in [2.05, 4.69) is 30.3 Å². The fourth-order valence-corrected chi connectivity index (χ4v) is 3.47. The van der Waals surface area contributed by atoms with E-state index in [0.29, 0.717) is 24.5 Å². The van der Waals surface area contributed by atoms with Gasteiger partial charge in [0.1, 0.15) is 12.4 Å². The molecular weight excluding hydrogens is 402 g/mol. The number of hydrogen-bond donors (Lipinski definition) is 2. The van der Waals surface area contributed by atoms with Crippen molar-refractivity contribution in [2.75, 3.05) is 0 Å². The van der Waals surface area contributed by atoms with Gasteiger partial charge in [0.25, 0.3) is 0 Å². The molecular formula is C27H31NO4. The van der Waals surface area contributed by atoms with Gasteiger partial charge in [-0.1, -0.05) is 42.5 Å². The molecule has 0 amide bonds. The lowest BCUT2D eigenvalue weighted by molar-refractivity contribution is -0.136. The summed E-state index contributed by atoms with van der Waals surface area (Å²) in [6.07, 6.45) is 0.0518. The number of aliphatic carboxylic acids is 1. The van der Waals surface area contributed by atoms with Crippen LogP contribution in [0.15, 0.2) is 66.7 Å². The zero-order valence-electron chi connectivity index (χ0n) is 18.9. The van der Waals surface area contributed by atoms with Gasteiger partial charge in [-0.05, 0) is 72.9 Å². The Kier molecular flexibility index (Phi) is 8.03. The van der Waals surface area contributed by atoms with Crippen molar-refractivity contribution in [3.63, 3.8) is 0 Å². The van der Waals surface area contributed by atoms with E-state index in [9.17, 15) is 4.79 Å². The van der Waals surface area contributed by atoms with E-state index in [4.69, 9.17) is 20.3 Å². The van der Waals surface area contributed by atoms with Gasteiger partial charge in [-0.2, -0.15) is 0 Å². The first-order valence-corrected chi connectivity index (χ1v) is 10.8. The number of hydrogen-bond acceptors (Lipinski definition) is 4. The number of carbonyl (C=O) groups is 1. The third-order valence-corrected chi connectivity index (χ3v) is 5.09. The van der Waals surface area contributed by atoms with Crippen LogP contribution in [0.5, 0.6) is 5.75 Å². The fraction of sp³-hybridized carbons (Fsp3) is 0.296. The Bertz CT molecular complexity index is 1060. The van der Waals surface area contributed by atoms with Crippen LogP contribution in [0.4, 0.5) is 0 Å². The first kappa shape index (κ1) is 23.5. The lowest BCUT2D eigenvalue weighted by atomic mass is 9.97. The minimum absolute atomic E-state index is 0.0454. The third-order valence-electron chi connectivity index (χ3n) is 5.09. The Labute approximate surface area is 189 Å². The summed E-state index contributed by atoms with van der Waals surface area (Å²) in [5, 5.41) is 9.16. The highest BCUT2D eigenvalue weighted by Gasteiger charge is 2.10. The predicted molar refractivity (Wildman–Crippen MR) is 127 cm³/mol. The number of carboxylic acids is 1. The third kappa shape index (κ3) is 6.67. The summed E-state index contributed by atoms with van der Waals surface area (Å²) in [5.41, 5.74) is 12.0. The molecule has 0 aliphatic carbocycles. The second-order valence-corrected chi connectivity index (χ2v) is 8.28. The SMILES string of the molecule is CC(C)OCc1cc(COc2ccccc2CC(=O)O)cc(-c2cccc([C@@H](C)N)c2)c1. The molecule has 0 saturated carbocycles. The van der Waals surface area contributed by atoms with E-state index in [1.165, 1.54) is 0 Å². The molecule has 3 aromatic carbocycles. The highest BCUT2D eigenvalue weighted by molar-refractivity contribution is 5.71. The van der Waals surface area contributed by atoms with Gasteiger partial charge in [-0.15, -0.1) is 0 Å². The Morgan fingerprint density at radius 1 is 0.906 bits per heavy atom. The van der Waals surface area contributed by atoms with Crippen LogP contribution in [-0.2, 0) is 29.2 Å². The molecule has 0 bridgehead atoms. The quantitative estimate of drug-likeness (QED) is 0.441. The zero-order chi connectivity index (χ0) is 23.1. The minimum Gasteiger partial charge on any atom is -0.489 e. The van der Waals surface area contributed by atoms with Gasteiger partial charge in [0.2, 0.25) is 0 Å². The maximum Gasteiger partial charge on any atom is 0.307 e. The molecule has 0 aromatic heterocycles. The molecule has 5 heteroatoms. The predicted octanol–water partition coefficient (Wildman–Crippen LogP) is 5.50. The lowest BCUT2D eigenvalue weighted by Gasteiger charge is -2.15. The Morgan fingerprint density at radius 3 is 2.31 bits per heavy atom.